The van der Waals surface area contributed by atoms with Gasteiger partial charge in [-0.1, -0.05) is 0 Å². The molecule has 0 bridgehead atoms. The summed E-state index contributed by atoms with van der Waals surface area (Å²) in [4.78, 5) is 50.2. The summed E-state index contributed by atoms with van der Waals surface area (Å²) in [6, 6.07) is 5.33. The van der Waals surface area contributed by atoms with Crippen molar-refractivity contribution in [1.29, 1.82) is 0 Å². The fourth-order valence-electron chi connectivity index (χ4n) is 3.58. The Hall–Kier alpha value is -2.95. The lowest BCUT2D eigenvalue weighted by atomic mass is 10.2. The van der Waals surface area contributed by atoms with E-state index in [1.54, 1.807) is 28.7 Å². The number of nitrogens with zero attached hydrogens (tertiary/aromatic N) is 4. The van der Waals surface area contributed by atoms with Gasteiger partial charge in [0.05, 0.1) is 40.4 Å². The van der Waals surface area contributed by atoms with E-state index in [2.05, 4.69) is 9.97 Å². The molecular weight excluding hydrogens is 460 g/mol. The number of ketones is 1. The molecule has 1 saturated heterocycles. The van der Waals surface area contributed by atoms with Crippen LogP contribution in [0.2, 0.25) is 0 Å². The number of thiazole rings is 1. The maximum Gasteiger partial charge on any atom is 0.255 e. The maximum atomic E-state index is 13.2. The van der Waals surface area contributed by atoms with Crippen LogP contribution in [0, 0.1) is 6.92 Å². The minimum absolute atomic E-state index is 0.0533. The van der Waals surface area contributed by atoms with Gasteiger partial charge >= 0.3 is 0 Å². The molecule has 0 saturated carbocycles. The summed E-state index contributed by atoms with van der Waals surface area (Å²) in [7, 11) is 0. The topological polar surface area (TPSA) is 92.7 Å². The first-order valence-corrected chi connectivity index (χ1v) is 12.2. The molecule has 0 N–H and O–H groups in total. The van der Waals surface area contributed by atoms with Gasteiger partial charge in [0.1, 0.15) is 6.54 Å². The van der Waals surface area contributed by atoms with E-state index in [1.165, 1.54) is 34.5 Å². The van der Waals surface area contributed by atoms with Crippen LogP contribution in [-0.2, 0) is 22.7 Å². The Kier molecular flexibility index (Phi) is 7.26. The third-order valence-electron chi connectivity index (χ3n) is 5.26. The summed E-state index contributed by atoms with van der Waals surface area (Å²) in [5.41, 5.74) is 2.20. The van der Waals surface area contributed by atoms with Crippen molar-refractivity contribution in [1.82, 2.24) is 19.8 Å². The average molecular weight is 485 g/mol. The predicted octanol–water partition coefficient (Wildman–Crippen LogP) is 3.18. The smallest absolute Gasteiger partial charge is 0.255 e. The summed E-state index contributed by atoms with van der Waals surface area (Å²) in [6.07, 6.45) is 3.02. The second-order valence-electron chi connectivity index (χ2n) is 7.86. The number of carbonyl (C=O) groups excluding carboxylic acids is 3. The Labute approximate surface area is 199 Å². The lowest BCUT2D eigenvalue weighted by Crippen LogP contribution is -2.39. The van der Waals surface area contributed by atoms with Gasteiger partial charge in [-0.25, -0.2) is 4.98 Å². The van der Waals surface area contributed by atoms with Gasteiger partial charge in [0.2, 0.25) is 5.91 Å². The lowest BCUT2D eigenvalue weighted by Gasteiger charge is -2.24. The Morgan fingerprint density at radius 2 is 1.97 bits per heavy atom. The van der Waals surface area contributed by atoms with Gasteiger partial charge in [0.25, 0.3) is 5.91 Å². The molecule has 0 aliphatic carbocycles. The van der Waals surface area contributed by atoms with Crippen molar-refractivity contribution in [2.45, 2.75) is 33.1 Å². The number of amides is 2. The second kappa shape index (κ2) is 10.3. The molecule has 2 amide bonds. The van der Waals surface area contributed by atoms with Crippen LogP contribution in [0.3, 0.4) is 0 Å². The molecule has 172 valence electrons. The zero-order valence-corrected chi connectivity index (χ0v) is 20.0. The van der Waals surface area contributed by atoms with Crippen LogP contribution < -0.4 is 0 Å². The highest BCUT2D eigenvalue weighted by Crippen LogP contribution is 2.20. The SMILES string of the molecule is CC(=O)c1cc(C(=O)N2CC(=O)N(Cc3csc(C)n3)CC(OCc3ccncc3)C2)cs1. The number of thiophene rings is 1. The first-order valence-electron chi connectivity index (χ1n) is 10.5. The number of hydrogen-bond acceptors (Lipinski definition) is 8. The number of aryl methyl sites for hydroxylation is 1. The fraction of sp³-hybridized carbons (Fsp3) is 0.348. The van der Waals surface area contributed by atoms with Gasteiger partial charge in [-0.05, 0) is 37.6 Å². The summed E-state index contributed by atoms with van der Waals surface area (Å²) in [6.45, 7) is 4.68. The van der Waals surface area contributed by atoms with Crippen LogP contribution in [0.15, 0.2) is 41.4 Å². The molecule has 3 aromatic rings. The van der Waals surface area contributed by atoms with Gasteiger partial charge in [0, 0.05) is 36.2 Å². The third-order valence-corrected chi connectivity index (χ3v) is 7.12. The molecule has 10 heteroatoms. The zero-order valence-electron chi connectivity index (χ0n) is 18.4. The van der Waals surface area contributed by atoms with Crippen LogP contribution in [0.25, 0.3) is 0 Å². The molecule has 8 nitrogen and oxygen atoms in total. The first kappa shape index (κ1) is 23.2. The van der Waals surface area contributed by atoms with Gasteiger partial charge in [0.15, 0.2) is 5.78 Å². The van der Waals surface area contributed by atoms with Crippen molar-refractivity contribution >= 4 is 40.3 Å². The standard InChI is InChI=1S/C23H24N4O4S2/c1-15(28)21-7-18(13-33-21)23(30)27-10-20(31-12-17-3-5-24-6-4-17)9-26(22(29)11-27)8-19-14-32-16(2)25-19/h3-7,13-14,20H,8-12H2,1-2H3. The Morgan fingerprint density at radius 1 is 1.18 bits per heavy atom. The largest absolute Gasteiger partial charge is 0.370 e. The van der Waals surface area contributed by atoms with Crippen molar-refractivity contribution in [2.75, 3.05) is 19.6 Å². The van der Waals surface area contributed by atoms with E-state index in [9.17, 15) is 14.4 Å². The first-order chi connectivity index (χ1) is 15.9. The summed E-state index contributed by atoms with van der Waals surface area (Å²) >= 11 is 2.77. The zero-order chi connectivity index (χ0) is 23.4. The Balaban J connectivity index is 1.53. The normalized spacial score (nSPS) is 16.7. The maximum absolute atomic E-state index is 13.2. The van der Waals surface area contributed by atoms with E-state index in [0.717, 1.165) is 16.3 Å². The van der Waals surface area contributed by atoms with E-state index >= 15 is 0 Å². The van der Waals surface area contributed by atoms with Crippen LogP contribution in [0.1, 0.15) is 43.2 Å². The van der Waals surface area contributed by atoms with E-state index in [1.807, 2.05) is 24.4 Å². The van der Waals surface area contributed by atoms with Crippen LogP contribution in [-0.4, -0.2) is 63.1 Å². The van der Waals surface area contributed by atoms with Gasteiger partial charge < -0.3 is 14.5 Å². The molecule has 0 radical (unpaired) electrons. The van der Waals surface area contributed by atoms with Gasteiger partial charge in [-0.2, -0.15) is 0 Å². The molecule has 1 unspecified atom stereocenters. The highest BCUT2D eigenvalue weighted by molar-refractivity contribution is 7.12. The molecule has 4 rings (SSSR count). The molecule has 0 spiro atoms. The number of rotatable bonds is 7. The Morgan fingerprint density at radius 3 is 2.64 bits per heavy atom. The molecule has 1 atom stereocenters. The number of Topliss-reactive ketones (excluding diaryl/α,β-unsaturated/α-hetero) is 1. The molecule has 0 aromatic carbocycles. The lowest BCUT2D eigenvalue weighted by molar-refractivity contribution is -0.132. The van der Waals surface area contributed by atoms with Gasteiger partial charge in [-0.15, -0.1) is 22.7 Å². The van der Waals surface area contributed by atoms with Crippen LogP contribution in [0.5, 0.6) is 0 Å². The van der Waals surface area contributed by atoms with Crippen LogP contribution in [0.4, 0.5) is 0 Å². The molecule has 3 aromatic heterocycles. The second-order valence-corrected chi connectivity index (χ2v) is 9.84. The molecular formula is C23H24N4O4S2. The van der Waals surface area contributed by atoms with Crippen molar-refractivity contribution in [3.05, 3.63) is 68.1 Å². The molecule has 4 heterocycles. The number of aromatic nitrogens is 2. The number of pyridine rings is 1. The van der Waals surface area contributed by atoms with E-state index in [-0.39, 0.29) is 36.8 Å². The van der Waals surface area contributed by atoms with Crippen molar-refractivity contribution in [2.24, 2.45) is 0 Å². The number of ether oxygens (including phenoxy) is 1. The summed E-state index contributed by atoms with van der Waals surface area (Å²) < 4.78 is 6.15. The highest BCUT2D eigenvalue weighted by atomic mass is 32.1. The van der Waals surface area contributed by atoms with E-state index in [4.69, 9.17) is 4.74 Å². The number of hydrogen-bond donors (Lipinski definition) is 0. The van der Waals surface area contributed by atoms with Crippen molar-refractivity contribution in [3.8, 4) is 0 Å². The molecule has 33 heavy (non-hydrogen) atoms. The third kappa shape index (κ3) is 5.89. The predicted molar refractivity (Wildman–Crippen MR) is 125 cm³/mol. The molecule has 1 aliphatic rings. The molecule has 1 aliphatic heterocycles. The average Bonchev–Trinajstić information content (AvgIpc) is 3.42. The Bertz CT molecular complexity index is 1140. The summed E-state index contributed by atoms with van der Waals surface area (Å²) in [5.74, 6) is -0.531. The minimum Gasteiger partial charge on any atom is -0.370 e. The van der Waals surface area contributed by atoms with Gasteiger partial charge in [-0.3, -0.25) is 19.4 Å². The van der Waals surface area contributed by atoms with E-state index < -0.39 is 0 Å². The van der Waals surface area contributed by atoms with Crippen molar-refractivity contribution in [3.63, 3.8) is 0 Å². The fourth-order valence-corrected chi connectivity index (χ4v) is 4.96. The summed E-state index contributed by atoms with van der Waals surface area (Å²) in [5, 5.41) is 4.54. The van der Waals surface area contributed by atoms with Crippen molar-refractivity contribution < 1.29 is 19.1 Å². The monoisotopic (exact) mass is 484 g/mol. The van der Waals surface area contributed by atoms with E-state index in [0.29, 0.717) is 30.1 Å². The minimum atomic E-state index is -0.376. The quantitative estimate of drug-likeness (QED) is 0.478. The van der Waals surface area contributed by atoms with Crippen LogP contribution >= 0.6 is 22.7 Å². The highest BCUT2D eigenvalue weighted by Gasteiger charge is 2.32. The molecule has 1 fully saturated rings. The number of carbonyl (C=O) groups is 3.